The first-order chi connectivity index (χ1) is 8.54. The summed E-state index contributed by atoms with van der Waals surface area (Å²) in [6, 6.07) is 10.2. The summed E-state index contributed by atoms with van der Waals surface area (Å²) in [7, 11) is 0. The van der Waals surface area contributed by atoms with Gasteiger partial charge in [0, 0.05) is 16.0 Å². The highest BCUT2D eigenvalue weighted by Gasteiger charge is 2.11. The predicted octanol–water partition coefficient (Wildman–Crippen LogP) is 5.20. The maximum Gasteiger partial charge on any atom is 0.0713 e. The second-order valence-electron chi connectivity index (χ2n) is 4.10. The largest absolute Gasteiger partial charge is 0.328 e. The molecule has 0 fully saturated rings. The van der Waals surface area contributed by atoms with Gasteiger partial charge in [0.1, 0.15) is 0 Å². The van der Waals surface area contributed by atoms with E-state index in [4.69, 9.17) is 17.3 Å². The van der Waals surface area contributed by atoms with Crippen molar-refractivity contribution in [3.63, 3.8) is 0 Å². The van der Waals surface area contributed by atoms with E-state index in [0.29, 0.717) is 0 Å². The molecule has 1 unspecified atom stereocenters. The van der Waals surface area contributed by atoms with Crippen LogP contribution in [0.3, 0.4) is 0 Å². The lowest BCUT2D eigenvalue weighted by Crippen LogP contribution is -2.17. The molecule has 0 aliphatic heterocycles. The lowest BCUT2D eigenvalue weighted by atomic mass is 10.1. The summed E-state index contributed by atoms with van der Waals surface area (Å²) in [6.45, 7) is 2.03. The van der Waals surface area contributed by atoms with E-state index in [1.165, 1.54) is 14.7 Å². The minimum absolute atomic E-state index is 0.177. The molecule has 1 aromatic carbocycles. The molecule has 1 aromatic heterocycles. The van der Waals surface area contributed by atoms with E-state index in [-0.39, 0.29) is 6.04 Å². The molecule has 0 amide bonds. The second-order valence-corrected chi connectivity index (χ2v) is 8.31. The zero-order valence-corrected chi connectivity index (χ0v) is 13.8. The molecule has 0 saturated heterocycles. The first-order valence-corrected chi connectivity index (χ1v) is 8.32. The Morgan fingerprint density at radius 1 is 1.39 bits per heavy atom. The molecular formula is C13H13BrClNS2. The van der Waals surface area contributed by atoms with E-state index in [1.807, 2.05) is 31.2 Å². The Morgan fingerprint density at radius 2 is 2.06 bits per heavy atom. The highest BCUT2D eigenvalue weighted by atomic mass is 79.9. The normalized spacial score (nSPS) is 12.7. The standard InChI is InChI=1S/C13H13BrClNS2/c1-8(16)6-9-7-12(14)18-13(9)17-11-4-2-10(15)3-5-11/h2-5,7-8H,6,16H2,1H3. The van der Waals surface area contributed by atoms with Crippen molar-refractivity contribution in [2.24, 2.45) is 5.73 Å². The molecule has 96 valence electrons. The smallest absolute Gasteiger partial charge is 0.0713 e. The van der Waals surface area contributed by atoms with Crippen molar-refractivity contribution in [2.75, 3.05) is 0 Å². The number of nitrogens with two attached hydrogens (primary N) is 1. The first-order valence-electron chi connectivity index (χ1n) is 5.52. The highest BCUT2D eigenvalue weighted by molar-refractivity contribution is 9.11. The van der Waals surface area contributed by atoms with Crippen molar-refractivity contribution in [1.29, 1.82) is 0 Å². The third kappa shape index (κ3) is 4.00. The average molecular weight is 363 g/mol. The summed E-state index contributed by atoms with van der Waals surface area (Å²) < 4.78 is 2.44. The van der Waals surface area contributed by atoms with Crippen LogP contribution < -0.4 is 5.73 Å². The topological polar surface area (TPSA) is 26.0 Å². The molecule has 2 aromatic rings. The predicted molar refractivity (Wildman–Crippen MR) is 84.9 cm³/mol. The van der Waals surface area contributed by atoms with Crippen LogP contribution in [0.5, 0.6) is 0 Å². The Bertz CT molecular complexity index is 522. The Hall–Kier alpha value is -0.000000000000000167. The zero-order valence-electron chi connectivity index (χ0n) is 9.82. The number of thiophene rings is 1. The molecule has 5 heteroatoms. The van der Waals surface area contributed by atoms with E-state index in [1.54, 1.807) is 23.1 Å². The van der Waals surface area contributed by atoms with Gasteiger partial charge in [-0.1, -0.05) is 23.4 Å². The van der Waals surface area contributed by atoms with Crippen molar-refractivity contribution in [2.45, 2.75) is 28.5 Å². The third-order valence-electron chi connectivity index (χ3n) is 2.31. The summed E-state index contributed by atoms with van der Waals surface area (Å²) in [6.07, 6.45) is 0.901. The van der Waals surface area contributed by atoms with E-state index < -0.39 is 0 Å². The molecule has 1 heterocycles. The number of hydrogen-bond acceptors (Lipinski definition) is 3. The minimum atomic E-state index is 0.177. The third-order valence-corrected chi connectivity index (χ3v) is 5.49. The molecule has 0 radical (unpaired) electrons. The van der Waals surface area contributed by atoms with E-state index >= 15 is 0 Å². The van der Waals surface area contributed by atoms with Crippen LogP contribution >= 0.6 is 50.6 Å². The van der Waals surface area contributed by atoms with Crippen LogP contribution in [0.4, 0.5) is 0 Å². The van der Waals surface area contributed by atoms with Crippen molar-refractivity contribution < 1.29 is 0 Å². The molecule has 0 saturated carbocycles. The fourth-order valence-electron chi connectivity index (χ4n) is 1.56. The number of halogens is 2. The average Bonchev–Trinajstić information content (AvgIpc) is 2.61. The molecule has 0 aliphatic rings. The summed E-state index contributed by atoms with van der Waals surface area (Å²) in [5, 5.41) is 0.766. The van der Waals surface area contributed by atoms with Crippen molar-refractivity contribution in [3.05, 3.63) is 44.7 Å². The molecule has 0 spiro atoms. The van der Waals surface area contributed by atoms with Crippen LogP contribution in [0.15, 0.2) is 43.2 Å². The summed E-state index contributed by atoms with van der Waals surface area (Å²) >= 11 is 12.9. The zero-order chi connectivity index (χ0) is 13.1. The van der Waals surface area contributed by atoms with Gasteiger partial charge in [-0.2, -0.15) is 0 Å². The minimum Gasteiger partial charge on any atom is -0.328 e. The van der Waals surface area contributed by atoms with Crippen LogP contribution in [0.25, 0.3) is 0 Å². The van der Waals surface area contributed by atoms with Gasteiger partial charge in [-0.25, -0.2) is 0 Å². The van der Waals surface area contributed by atoms with Crippen LogP contribution in [-0.4, -0.2) is 6.04 Å². The van der Waals surface area contributed by atoms with E-state index in [2.05, 4.69) is 22.0 Å². The maximum atomic E-state index is 5.89. The van der Waals surface area contributed by atoms with Crippen molar-refractivity contribution in [3.8, 4) is 0 Å². The quantitative estimate of drug-likeness (QED) is 0.808. The van der Waals surface area contributed by atoms with E-state index in [9.17, 15) is 0 Å². The van der Waals surface area contributed by atoms with Gasteiger partial charge >= 0.3 is 0 Å². The molecular weight excluding hydrogens is 350 g/mol. The Morgan fingerprint density at radius 3 is 2.67 bits per heavy atom. The lowest BCUT2D eigenvalue weighted by Gasteiger charge is -2.06. The fraction of sp³-hybridized carbons (Fsp3) is 0.231. The molecule has 1 atom stereocenters. The molecule has 1 nitrogen and oxygen atoms in total. The number of hydrogen-bond donors (Lipinski definition) is 1. The number of benzene rings is 1. The van der Waals surface area contributed by atoms with Crippen LogP contribution in [0, 0.1) is 0 Å². The van der Waals surface area contributed by atoms with Gasteiger partial charge in [-0.15, -0.1) is 11.3 Å². The van der Waals surface area contributed by atoms with Gasteiger partial charge in [0.2, 0.25) is 0 Å². The maximum absolute atomic E-state index is 5.89. The molecule has 0 bridgehead atoms. The van der Waals surface area contributed by atoms with Gasteiger partial charge in [-0.05, 0) is 65.2 Å². The van der Waals surface area contributed by atoms with E-state index in [0.717, 1.165) is 15.2 Å². The SMILES string of the molecule is CC(N)Cc1cc(Br)sc1Sc1ccc(Cl)cc1. The van der Waals surface area contributed by atoms with Crippen LogP contribution in [0.1, 0.15) is 12.5 Å². The summed E-state index contributed by atoms with van der Waals surface area (Å²) in [5.74, 6) is 0. The second kappa shape index (κ2) is 6.44. The van der Waals surface area contributed by atoms with Gasteiger partial charge in [-0.3, -0.25) is 0 Å². The van der Waals surface area contributed by atoms with Crippen LogP contribution in [-0.2, 0) is 6.42 Å². The first kappa shape index (κ1) is 14.4. The van der Waals surface area contributed by atoms with Gasteiger partial charge in [0.05, 0.1) is 8.00 Å². The van der Waals surface area contributed by atoms with Gasteiger partial charge in [0.25, 0.3) is 0 Å². The van der Waals surface area contributed by atoms with Crippen molar-refractivity contribution >= 4 is 50.6 Å². The molecule has 18 heavy (non-hydrogen) atoms. The summed E-state index contributed by atoms with van der Waals surface area (Å²) in [5.41, 5.74) is 7.19. The van der Waals surface area contributed by atoms with Crippen LogP contribution in [0.2, 0.25) is 5.02 Å². The Kier molecular flexibility index (Phi) is 5.15. The van der Waals surface area contributed by atoms with Gasteiger partial charge < -0.3 is 5.73 Å². The monoisotopic (exact) mass is 361 g/mol. The fourth-order valence-corrected chi connectivity index (χ4v) is 4.91. The Labute approximate surface area is 129 Å². The van der Waals surface area contributed by atoms with Crippen molar-refractivity contribution in [1.82, 2.24) is 0 Å². The number of rotatable bonds is 4. The molecule has 0 aliphatic carbocycles. The summed E-state index contributed by atoms with van der Waals surface area (Å²) in [4.78, 5) is 1.19. The lowest BCUT2D eigenvalue weighted by molar-refractivity contribution is 0.733. The molecule has 2 rings (SSSR count). The highest BCUT2D eigenvalue weighted by Crippen LogP contribution is 2.39. The Balaban J connectivity index is 2.20. The van der Waals surface area contributed by atoms with Gasteiger partial charge in [0.15, 0.2) is 0 Å². The molecule has 2 N–H and O–H groups in total.